The molecule has 7 heteroatoms. The minimum Gasteiger partial charge on any atom is -0.467 e. The van der Waals surface area contributed by atoms with E-state index in [4.69, 9.17) is 4.74 Å². The highest BCUT2D eigenvalue weighted by Gasteiger charge is 2.66. The lowest BCUT2D eigenvalue weighted by Crippen LogP contribution is -2.50. The predicted octanol–water partition coefficient (Wildman–Crippen LogP) is 0.839. The molecule has 2 aromatic rings. The number of carbonyl (C=O) groups is 1. The summed E-state index contributed by atoms with van der Waals surface area (Å²) < 4.78 is 6.35. The maximum absolute atomic E-state index is 13.0. The lowest BCUT2D eigenvalue weighted by atomic mass is 9.93. The van der Waals surface area contributed by atoms with Gasteiger partial charge in [0.25, 0.3) is 5.56 Å². The van der Waals surface area contributed by atoms with Gasteiger partial charge in [0.1, 0.15) is 5.82 Å². The monoisotopic (exact) mass is 345 g/mol. The number of methoxy groups -OCH3 is 1. The number of fused-ring (bicyclic) bond motifs is 1. The van der Waals surface area contributed by atoms with E-state index in [0.29, 0.717) is 23.1 Å². The molecule has 1 N–H and O–H groups in total. The number of ether oxygens (including phenoxy) is 1. The van der Waals surface area contributed by atoms with Crippen molar-refractivity contribution in [2.45, 2.75) is 38.8 Å². The molecule has 1 aromatic heterocycles. The average molecular weight is 345 g/mol. The van der Waals surface area contributed by atoms with Gasteiger partial charge in [-0.25, -0.2) is 14.5 Å². The molecule has 2 heterocycles. The molecule has 0 aliphatic carbocycles. The summed E-state index contributed by atoms with van der Waals surface area (Å²) in [6.45, 7) is 5.77. The molecule has 1 fully saturated rings. The molecular weight excluding hydrogens is 322 g/mol. The van der Waals surface area contributed by atoms with Crippen LogP contribution in [0.3, 0.4) is 0 Å². The van der Waals surface area contributed by atoms with Crippen LogP contribution in [0.4, 0.5) is 0 Å². The number of rotatable bonds is 5. The molecule has 0 radical (unpaired) electrons. The number of esters is 1. The van der Waals surface area contributed by atoms with Crippen molar-refractivity contribution in [3.63, 3.8) is 0 Å². The van der Waals surface area contributed by atoms with E-state index in [0.717, 1.165) is 0 Å². The third-order valence-corrected chi connectivity index (χ3v) is 4.79. The fraction of sp³-hybridized carbons (Fsp3) is 0.500. The van der Waals surface area contributed by atoms with Crippen molar-refractivity contribution in [1.29, 1.82) is 0 Å². The Hall–Kier alpha value is -2.41. The van der Waals surface area contributed by atoms with E-state index >= 15 is 0 Å². The Morgan fingerprint density at radius 2 is 2.08 bits per heavy atom. The van der Waals surface area contributed by atoms with Gasteiger partial charge in [0.15, 0.2) is 5.54 Å². The third kappa shape index (κ3) is 2.50. The zero-order valence-corrected chi connectivity index (χ0v) is 14.9. The molecule has 0 bridgehead atoms. The summed E-state index contributed by atoms with van der Waals surface area (Å²) in [6, 6.07) is 7.11. The van der Waals surface area contributed by atoms with E-state index in [1.54, 1.807) is 23.2 Å². The Bertz CT molecular complexity index is 876. The van der Waals surface area contributed by atoms with Crippen LogP contribution in [0.5, 0.6) is 0 Å². The molecule has 1 aliphatic heterocycles. The minimum atomic E-state index is -1.25. The summed E-state index contributed by atoms with van der Waals surface area (Å²) >= 11 is 0. The van der Waals surface area contributed by atoms with Crippen LogP contribution in [0.1, 0.15) is 26.6 Å². The van der Waals surface area contributed by atoms with E-state index in [1.807, 2.05) is 26.8 Å². The summed E-state index contributed by atoms with van der Waals surface area (Å²) in [7, 11) is 1.29. The zero-order valence-electron chi connectivity index (χ0n) is 14.9. The van der Waals surface area contributed by atoms with Crippen molar-refractivity contribution in [3.05, 3.63) is 40.4 Å². The maximum atomic E-state index is 13.0. The first-order chi connectivity index (χ1) is 11.9. The van der Waals surface area contributed by atoms with Crippen molar-refractivity contribution in [1.82, 2.24) is 9.66 Å². The Kier molecular flexibility index (Phi) is 4.28. The number of benzene rings is 1. The van der Waals surface area contributed by atoms with Gasteiger partial charge >= 0.3 is 5.97 Å². The fourth-order valence-corrected chi connectivity index (χ4v) is 3.35. The number of aliphatic hydroxyl groups excluding tert-OH is 1. The first-order valence-corrected chi connectivity index (χ1v) is 8.43. The van der Waals surface area contributed by atoms with Gasteiger partial charge in [-0.2, -0.15) is 0 Å². The lowest BCUT2D eigenvalue weighted by molar-refractivity contribution is -0.147. The second-order valence-corrected chi connectivity index (χ2v) is 6.68. The highest BCUT2D eigenvalue weighted by Crippen LogP contribution is 2.38. The molecule has 1 saturated heterocycles. The second kappa shape index (κ2) is 6.15. The number of para-hydroxylation sites is 1. The molecular formula is C18H23N3O4. The zero-order chi connectivity index (χ0) is 18.4. The van der Waals surface area contributed by atoms with Gasteiger partial charge in [0.05, 0.1) is 30.7 Å². The van der Waals surface area contributed by atoms with Crippen LogP contribution in [0, 0.1) is 5.92 Å². The number of aryl methyl sites for hydroxylation is 1. The Balaban J connectivity index is 2.18. The largest absolute Gasteiger partial charge is 0.467 e. The molecule has 1 aromatic carbocycles. The summed E-state index contributed by atoms with van der Waals surface area (Å²) in [4.78, 5) is 30.0. The highest BCUT2D eigenvalue weighted by molar-refractivity contribution is 5.90. The molecule has 0 spiro atoms. The molecule has 0 amide bonds. The number of nitrogens with zero attached hydrogens (tertiary/aromatic N) is 3. The summed E-state index contributed by atoms with van der Waals surface area (Å²) in [5.41, 5.74) is -0.874. The topological polar surface area (TPSA) is 84.4 Å². The van der Waals surface area contributed by atoms with Crippen molar-refractivity contribution in [3.8, 4) is 0 Å². The molecule has 1 aliphatic rings. The van der Waals surface area contributed by atoms with Gasteiger partial charge in [-0.15, -0.1) is 0 Å². The molecule has 2 atom stereocenters. The SMILES string of the molecule is CCc1nc2ccccc2c(=O)n1N1CC1(C(=O)OC)C(O)C(C)C. The second-order valence-electron chi connectivity index (χ2n) is 6.68. The smallest absolute Gasteiger partial charge is 0.337 e. The van der Waals surface area contributed by atoms with Gasteiger partial charge in [-0.1, -0.05) is 32.9 Å². The first-order valence-electron chi connectivity index (χ1n) is 8.43. The Morgan fingerprint density at radius 1 is 1.40 bits per heavy atom. The van der Waals surface area contributed by atoms with Gasteiger partial charge in [0, 0.05) is 6.42 Å². The summed E-state index contributed by atoms with van der Waals surface area (Å²) in [5, 5.41) is 12.7. The van der Waals surface area contributed by atoms with Crippen molar-refractivity contribution in [2.75, 3.05) is 18.7 Å². The predicted molar refractivity (Wildman–Crippen MR) is 94.1 cm³/mol. The number of hydrogen-bond donors (Lipinski definition) is 1. The van der Waals surface area contributed by atoms with Crippen LogP contribution >= 0.6 is 0 Å². The van der Waals surface area contributed by atoms with E-state index in [1.165, 1.54) is 11.8 Å². The number of aromatic nitrogens is 2. The minimum absolute atomic E-state index is 0.168. The number of carbonyl (C=O) groups excluding carboxylic acids is 1. The molecule has 25 heavy (non-hydrogen) atoms. The van der Waals surface area contributed by atoms with Crippen molar-refractivity contribution >= 4 is 16.9 Å². The molecule has 2 unspecified atom stereocenters. The standard InChI is InChI=1S/C18H23N3O4/c1-5-14-19-13-9-7-6-8-12(13)16(23)21(14)20-10-18(20,17(24)25-4)15(22)11(2)3/h6-9,11,15,22H,5,10H2,1-4H3. The molecule has 134 valence electrons. The van der Waals surface area contributed by atoms with Crippen LogP contribution < -0.4 is 10.6 Å². The van der Waals surface area contributed by atoms with Crippen LogP contribution in [0.2, 0.25) is 0 Å². The van der Waals surface area contributed by atoms with Gasteiger partial charge in [0.2, 0.25) is 0 Å². The molecule has 3 rings (SSSR count). The Labute approximate surface area is 145 Å². The van der Waals surface area contributed by atoms with Crippen molar-refractivity contribution < 1.29 is 14.6 Å². The lowest BCUT2D eigenvalue weighted by Gasteiger charge is -2.26. The number of hydrogen-bond acceptors (Lipinski definition) is 6. The Morgan fingerprint density at radius 3 is 2.68 bits per heavy atom. The van der Waals surface area contributed by atoms with Gasteiger partial charge in [-0.3, -0.25) is 9.80 Å². The number of aliphatic hydroxyl groups is 1. The fourth-order valence-electron chi connectivity index (χ4n) is 3.35. The maximum Gasteiger partial charge on any atom is 0.337 e. The van der Waals surface area contributed by atoms with E-state index in [9.17, 15) is 14.7 Å². The molecule has 7 nitrogen and oxygen atoms in total. The quantitative estimate of drug-likeness (QED) is 0.639. The van der Waals surface area contributed by atoms with Crippen molar-refractivity contribution in [2.24, 2.45) is 5.92 Å². The van der Waals surface area contributed by atoms with E-state index in [-0.39, 0.29) is 18.0 Å². The van der Waals surface area contributed by atoms with Crippen LogP contribution in [0.25, 0.3) is 10.9 Å². The van der Waals surface area contributed by atoms with E-state index < -0.39 is 17.6 Å². The molecule has 0 saturated carbocycles. The van der Waals surface area contributed by atoms with Crippen LogP contribution in [-0.2, 0) is 16.0 Å². The summed E-state index contributed by atoms with van der Waals surface area (Å²) in [5.74, 6) is -0.167. The van der Waals surface area contributed by atoms with E-state index in [2.05, 4.69) is 4.98 Å². The normalized spacial score (nSPS) is 20.8. The van der Waals surface area contributed by atoms with Gasteiger partial charge in [-0.05, 0) is 18.1 Å². The average Bonchev–Trinajstić information content (AvgIpc) is 3.36. The first kappa shape index (κ1) is 17.4. The van der Waals surface area contributed by atoms with Crippen LogP contribution in [0.15, 0.2) is 29.1 Å². The highest BCUT2D eigenvalue weighted by atomic mass is 16.5. The summed E-state index contributed by atoms with van der Waals surface area (Å²) in [6.07, 6.45) is -0.436. The van der Waals surface area contributed by atoms with Crippen LogP contribution in [-0.4, -0.2) is 46.0 Å². The van der Waals surface area contributed by atoms with Gasteiger partial charge < -0.3 is 9.84 Å². The third-order valence-electron chi connectivity index (χ3n) is 4.79.